The van der Waals surface area contributed by atoms with E-state index in [1.165, 1.54) is 26.4 Å². The van der Waals surface area contributed by atoms with E-state index in [0.717, 1.165) is 12.1 Å². The van der Waals surface area contributed by atoms with Crippen molar-refractivity contribution in [1.82, 2.24) is 0 Å². The molecule has 0 fully saturated rings. The second-order valence-corrected chi connectivity index (χ2v) is 6.14. The number of nitrogens with one attached hydrogen (secondary N) is 1. The molecule has 0 aliphatic rings. The van der Waals surface area contributed by atoms with E-state index in [1.807, 2.05) is 0 Å². The zero-order valence-corrected chi connectivity index (χ0v) is 15.7. The minimum absolute atomic E-state index is 0.317. The van der Waals surface area contributed by atoms with Crippen LogP contribution in [-0.2, 0) is 6.18 Å². The predicted octanol–water partition coefficient (Wildman–Crippen LogP) is 5.64. The average Bonchev–Trinajstić information content (AvgIpc) is 2.73. The van der Waals surface area contributed by atoms with Gasteiger partial charge < -0.3 is 14.8 Å². The van der Waals surface area contributed by atoms with Crippen LogP contribution in [0.1, 0.15) is 15.9 Å². The van der Waals surface area contributed by atoms with Gasteiger partial charge in [0.1, 0.15) is 11.5 Å². The maximum absolute atomic E-state index is 12.9. The number of hydrogen-bond acceptors (Lipinski definition) is 3. The number of anilines is 1. The van der Waals surface area contributed by atoms with Crippen LogP contribution in [0.5, 0.6) is 11.5 Å². The maximum atomic E-state index is 12.9. The van der Waals surface area contributed by atoms with Gasteiger partial charge in [0.05, 0.1) is 25.5 Å². The zero-order chi connectivity index (χ0) is 21.0. The Labute approximate surface area is 165 Å². The van der Waals surface area contributed by atoms with Crippen LogP contribution in [-0.4, -0.2) is 20.1 Å². The molecule has 0 bridgehead atoms. The molecular formula is C22H18F3NO3. The highest BCUT2D eigenvalue weighted by Gasteiger charge is 2.30. The van der Waals surface area contributed by atoms with Crippen molar-refractivity contribution in [2.24, 2.45) is 0 Å². The van der Waals surface area contributed by atoms with Gasteiger partial charge in [0.15, 0.2) is 0 Å². The average molecular weight is 401 g/mol. The molecule has 3 aromatic carbocycles. The van der Waals surface area contributed by atoms with Crippen LogP contribution < -0.4 is 14.8 Å². The fraction of sp³-hybridized carbons (Fsp3) is 0.136. The van der Waals surface area contributed by atoms with Gasteiger partial charge in [-0.3, -0.25) is 4.79 Å². The number of halogens is 3. The Hall–Kier alpha value is -3.48. The topological polar surface area (TPSA) is 47.6 Å². The summed E-state index contributed by atoms with van der Waals surface area (Å²) in [5.74, 6) is 0.565. The summed E-state index contributed by atoms with van der Waals surface area (Å²) in [5.41, 5.74) is 1.00. The van der Waals surface area contributed by atoms with Gasteiger partial charge in [0.25, 0.3) is 5.91 Å². The third-order valence-electron chi connectivity index (χ3n) is 4.35. The highest BCUT2D eigenvalue weighted by Crippen LogP contribution is 2.33. The Morgan fingerprint density at radius 3 is 2.21 bits per heavy atom. The molecule has 0 radical (unpaired) electrons. The molecule has 0 saturated carbocycles. The summed E-state index contributed by atoms with van der Waals surface area (Å²) in [6.07, 6.45) is -4.42. The van der Waals surface area contributed by atoms with Crippen molar-refractivity contribution < 1.29 is 27.4 Å². The molecular weight excluding hydrogens is 383 g/mol. The molecule has 0 aromatic heterocycles. The molecule has 0 aliphatic heterocycles. The molecule has 0 saturated heterocycles. The summed E-state index contributed by atoms with van der Waals surface area (Å²) in [6.45, 7) is 0. The number of ether oxygens (including phenoxy) is 2. The van der Waals surface area contributed by atoms with E-state index < -0.39 is 17.6 Å². The quantitative estimate of drug-likeness (QED) is 0.602. The van der Waals surface area contributed by atoms with Crippen LogP contribution in [0, 0.1) is 0 Å². The normalized spacial score (nSPS) is 11.1. The van der Waals surface area contributed by atoms with Crippen molar-refractivity contribution >= 4 is 11.6 Å². The number of alkyl halides is 3. The SMILES string of the molecule is COc1ccc(OC)c(NC(=O)c2ccccc2-c2ccc(C(F)(F)F)cc2)c1. The predicted molar refractivity (Wildman–Crippen MR) is 104 cm³/mol. The lowest BCUT2D eigenvalue weighted by Gasteiger charge is -2.14. The molecule has 1 amide bonds. The molecule has 0 unspecified atom stereocenters. The summed E-state index contributed by atoms with van der Waals surface area (Å²) in [6, 6.07) is 16.4. The lowest BCUT2D eigenvalue weighted by Crippen LogP contribution is -2.14. The molecule has 0 spiro atoms. The van der Waals surface area contributed by atoms with E-state index >= 15 is 0 Å². The Morgan fingerprint density at radius 2 is 1.59 bits per heavy atom. The van der Waals surface area contributed by atoms with Gasteiger partial charge in [-0.1, -0.05) is 30.3 Å². The minimum atomic E-state index is -4.42. The smallest absolute Gasteiger partial charge is 0.416 e. The van der Waals surface area contributed by atoms with Crippen molar-refractivity contribution in [3.8, 4) is 22.6 Å². The van der Waals surface area contributed by atoms with E-state index in [2.05, 4.69) is 5.32 Å². The van der Waals surface area contributed by atoms with Gasteiger partial charge in [-0.2, -0.15) is 13.2 Å². The standard InChI is InChI=1S/C22H18F3NO3/c1-28-16-11-12-20(29-2)19(13-16)26-21(27)18-6-4-3-5-17(18)14-7-9-15(10-8-14)22(23,24)25/h3-13H,1-2H3,(H,26,27). The van der Waals surface area contributed by atoms with Crippen molar-refractivity contribution in [3.63, 3.8) is 0 Å². The minimum Gasteiger partial charge on any atom is -0.497 e. The van der Waals surface area contributed by atoms with Gasteiger partial charge in [-0.25, -0.2) is 0 Å². The van der Waals surface area contributed by atoms with Crippen LogP contribution in [0.25, 0.3) is 11.1 Å². The van der Waals surface area contributed by atoms with Gasteiger partial charge in [-0.05, 0) is 41.5 Å². The van der Waals surface area contributed by atoms with Gasteiger partial charge in [0, 0.05) is 11.6 Å². The fourth-order valence-corrected chi connectivity index (χ4v) is 2.87. The lowest BCUT2D eigenvalue weighted by molar-refractivity contribution is -0.137. The Bertz CT molecular complexity index is 1010. The van der Waals surface area contributed by atoms with E-state index in [1.54, 1.807) is 42.5 Å². The largest absolute Gasteiger partial charge is 0.497 e. The molecule has 3 aromatic rings. The monoisotopic (exact) mass is 401 g/mol. The number of benzene rings is 3. The molecule has 29 heavy (non-hydrogen) atoms. The third kappa shape index (κ3) is 4.51. The highest BCUT2D eigenvalue weighted by atomic mass is 19.4. The lowest BCUT2D eigenvalue weighted by atomic mass is 9.98. The molecule has 0 heterocycles. The molecule has 150 valence electrons. The number of amides is 1. The molecule has 0 aliphatic carbocycles. The number of rotatable bonds is 5. The molecule has 1 N–H and O–H groups in total. The van der Waals surface area contributed by atoms with E-state index in [9.17, 15) is 18.0 Å². The molecule has 7 heteroatoms. The van der Waals surface area contributed by atoms with E-state index in [4.69, 9.17) is 9.47 Å². The first-order valence-electron chi connectivity index (χ1n) is 8.63. The van der Waals surface area contributed by atoms with Crippen LogP contribution >= 0.6 is 0 Å². The highest BCUT2D eigenvalue weighted by molar-refractivity contribution is 6.09. The second kappa shape index (κ2) is 8.26. The summed E-state index contributed by atoms with van der Waals surface area (Å²) in [4.78, 5) is 12.9. The Morgan fingerprint density at radius 1 is 0.897 bits per heavy atom. The number of carbonyl (C=O) groups is 1. The summed E-state index contributed by atoms with van der Waals surface area (Å²) >= 11 is 0. The van der Waals surface area contributed by atoms with Crippen LogP contribution in [0.3, 0.4) is 0 Å². The van der Waals surface area contributed by atoms with Gasteiger partial charge in [-0.15, -0.1) is 0 Å². The molecule has 4 nitrogen and oxygen atoms in total. The summed E-state index contributed by atoms with van der Waals surface area (Å²) in [5, 5.41) is 2.77. The summed E-state index contributed by atoms with van der Waals surface area (Å²) < 4.78 is 48.9. The van der Waals surface area contributed by atoms with Crippen molar-refractivity contribution in [1.29, 1.82) is 0 Å². The van der Waals surface area contributed by atoms with Gasteiger partial charge in [0.2, 0.25) is 0 Å². The van der Waals surface area contributed by atoms with E-state index in [0.29, 0.717) is 33.9 Å². The zero-order valence-electron chi connectivity index (χ0n) is 15.7. The third-order valence-corrected chi connectivity index (χ3v) is 4.35. The summed E-state index contributed by atoms with van der Waals surface area (Å²) in [7, 11) is 2.99. The number of carbonyl (C=O) groups excluding carboxylic acids is 1. The van der Waals surface area contributed by atoms with Crippen molar-refractivity contribution in [2.75, 3.05) is 19.5 Å². The Kier molecular flexibility index (Phi) is 5.77. The first-order valence-corrected chi connectivity index (χ1v) is 8.63. The van der Waals surface area contributed by atoms with Crippen molar-refractivity contribution in [2.45, 2.75) is 6.18 Å². The van der Waals surface area contributed by atoms with Crippen molar-refractivity contribution in [3.05, 3.63) is 77.9 Å². The van der Waals surface area contributed by atoms with Crippen LogP contribution in [0.2, 0.25) is 0 Å². The van der Waals surface area contributed by atoms with E-state index in [-0.39, 0.29) is 0 Å². The van der Waals surface area contributed by atoms with Crippen LogP contribution in [0.4, 0.5) is 18.9 Å². The van der Waals surface area contributed by atoms with Gasteiger partial charge >= 0.3 is 6.18 Å². The van der Waals surface area contributed by atoms with Crippen LogP contribution in [0.15, 0.2) is 66.7 Å². The maximum Gasteiger partial charge on any atom is 0.416 e. The Balaban J connectivity index is 1.94. The number of methoxy groups -OCH3 is 2. The second-order valence-electron chi connectivity index (χ2n) is 6.14. The fourth-order valence-electron chi connectivity index (χ4n) is 2.87. The molecule has 0 atom stereocenters. The molecule has 3 rings (SSSR count). The first-order chi connectivity index (χ1) is 13.8. The first kappa shape index (κ1) is 20.3. The number of hydrogen-bond donors (Lipinski definition) is 1.